The molecule has 0 bridgehead atoms. The van der Waals surface area contributed by atoms with Crippen molar-refractivity contribution >= 4 is 16.2 Å². The second-order valence-corrected chi connectivity index (χ2v) is 3.76. The van der Waals surface area contributed by atoms with Crippen LogP contribution in [-0.4, -0.2) is 18.1 Å². The van der Waals surface area contributed by atoms with Gasteiger partial charge in [-0.15, -0.1) is 0 Å². The smallest absolute Gasteiger partial charge is 0.295 e. The van der Waals surface area contributed by atoms with E-state index >= 15 is 0 Å². The molecule has 0 fully saturated rings. The molecule has 13 heavy (non-hydrogen) atoms. The average molecular weight is 200 g/mol. The Morgan fingerprint density at radius 3 is 2.38 bits per heavy atom. The summed E-state index contributed by atoms with van der Waals surface area (Å²) in [7, 11) is -4.30. The fourth-order valence-electron chi connectivity index (χ4n) is 0.963. The van der Waals surface area contributed by atoms with Gasteiger partial charge >= 0.3 is 0 Å². The van der Waals surface area contributed by atoms with E-state index in [1.54, 1.807) is 0 Å². The minimum Gasteiger partial charge on any atom is -0.507 e. The van der Waals surface area contributed by atoms with Gasteiger partial charge in [0.25, 0.3) is 10.1 Å². The molecule has 5 heteroatoms. The molecule has 0 unspecified atom stereocenters. The number of aromatic hydroxyl groups is 1. The van der Waals surface area contributed by atoms with Crippen LogP contribution in [0.1, 0.15) is 5.56 Å². The van der Waals surface area contributed by atoms with Gasteiger partial charge in [-0.3, -0.25) is 4.55 Å². The Morgan fingerprint density at radius 2 is 2.00 bits per heavy atom. The minimum absolute atomic E-state index is 0.00463. The highest BCUT2D eigenvalue weighted by atomic mass is 32.2. The fourth-order valence-corrected chi connectivity index (χ4v) is 1.68. The molecule has 1 aromatic rings. The Hall–Kier alpha value is -1.33. The van der Waals surface area contributed by atoms with Crippen LogP contribution in [0.3, 0.4) is 0 Å². The van der Waals surface area contributed by atoms with Crippen LogP contribution in [0.5, 0.6) is 5.75 Å². The monoisotopic (exact) mass is 200 g/mol. The highest BCUT2D eigenvalue weighted by Gasteiger charge is 2.15. The van der Waals surface area contributed by atoms with Crippen LogP contribution >= 0.6 is 0 Å². The molecule has 0 heterocycles. The van der Waals surface area contributed by atoms with Crippen LogP contribution in [-0.2, 0) is 10.1 Å². The molecule has 0 aliphatic carbocycles. The lowest BCUT2D eigenvalue weighted by Crippen LogP contribution is -2.00. The molecule has 0 aliphatic rings. The Kier molecular flexibility index (Phi) is 2.40. The SMILES string of the molecule is C=Cc1c(O)cccc1S(=O)(=O)O. The first-order chi connectivity index (χ1) is 5.96. The first kappa shape index (κ1) is 9.76. The zero-order valence-electron chi connectivity index (χ0n) is 6.64. The van der Waals surface area contributed by atoms with Crippen molar-refractivity contribution in [3.05, 3.63) is 30.3 Å². The summed E-state index contributed by atoms with van der Waals surface area (Å²) in [5.74, 6) is -0.231. The van der Waals surface area contributed by atoms with Gasteiger partial charge in [0.15, 0.2) is 0 Å². The molecule has 0 radical (unpaired) electrons. The topological polar surface area (TPSA) is 74.6 Å². The largest absolute Gasteiger partial charge is 0.507 e. The van der Waals surface area contributed by atoms with E-state index in [-0.39, 0.29) is 16.2 Å². The number of benzene rings is 1. The molecule has 0 aliphatic heterocycles. The van der Waals surface area contributed by atoms with Gasteiger partial charge in [0.05, 0.1) is 0 Å². The van der Waals surface area contributed by atoms with Crippen LogP contribution in [0.25, 0.3) is 6.08 Å². The lowest BCUT2D eigenvalue weighted by molar-refractivity contribution is 0.465. The number of phenolic OH excluding ortho intramolecular Hbond substituents is 1. The molecule has 4 nitrogen and oxygen atoms in total. The lowest BCUT2D eigenvalue weighted by atomic mass is 10.2. The molecule has 0 saturated carbocycles. The van der Waals surface area contributed by atoms with Crippen LogP contribution < -0.4 is 0 Å². The maximum absolute atomic E-state index is 10.8. The summed E-state index contributed by atoms with van der Waals surface area (Å²) >= 11 is 0. The van der Waals surface area contributed by atoms with E-state index in [1.165, 1.54) is 24.3 Å². The van der Waals surface area contributed by atoms with E-state index in [4.69, 9.17) is 4.55 Å². The first-order valence-corrected chi connectivity index (χ1v) is 4.82. The van der Waals surface area contributed by atoms with Gasteiger partial charge in [-0.2, -0.15) is 8.42 Å². The molecule has 2 N–H and O–H groups in total. The summed E-state index contributed by atoms with van der Waals surface area (Å²) in [6, 6.07) is 3.82. The van der Waals surface area contributed by atoms with E-state index in [0.29, 0.717) is 0 Å². The average Bonchev–Trinajstić information content (AvgIpc) is 2.02. The van der Waals surface area contributed by atoms with Crippen molar-refractivity contribution in [2.75, 3.05) is 0 Å². The maximum Gasteiger partial charge on any atom is 0.295 e. The van der Waals surface area contributed by atoms with Crippen molar-refractivity contribution in [2.24, 2.45) is 0 Å². The summed E-state index contributed by atoms with van der Waals surface area (Å²) in [6.45, 7) is 3.33. The van der Waals surface area contributed by atoms with Crippen molar-refractivity contribution in [3.63, 3.8) is 0 Å². The molecular formula is C8H8O4S. The third-order valence-corrected chi connectivity index (χ3v) is 2.44. The first-order valence-electron chi connectivity index (χ1n) is 3.38. The van der Waals surface area contributed by atoms with Crippen molar-refractivity contribution in [2.45, 2.75) is 4.90 Å². The third kappa shape index (κ3) is 1.88. The van der Waals surface area contributed by atoms with Gasteiger partial charge in [-0.05, 0) is 12.1 Å². The van der Waals surface area contributed by atoms with Crippen LogP contribution in [0.15, 0.2) is 29.7 Å². The number of phenols is 1. The second-order valence-electron chi connectivity index (χ2n) is 2.37. The van der Waals surface area contributed by atoms with Crippen molar-refractivity contribution in [1.29, 1.82) is 0 Å². The standard InChI is InChI=1S/C8H8O4S/c1-2-6-7(9)4-3-5-8(6)13(10,11)12/h2-5,9H,1H2,(H,10,11,12). The summed E-state index contributed by atoms with van der Waals surface area (Å²) in [4.78, 5) is -0.345. The van der Waals surface area contributed by atoms with Gasteiger partial charge in [-0.1, -0.05) is 18.7 Å². The minimum atomic E-state index is -4.30. The molecule has 0 amide bonds. The predicted octanol–water partition coefficient (Wildman–Crippen LogP) is 1.28. The zero-order valence-corrected chi connectivity index (χ0v) is 7.45. The van der Waals surface area contributed by atoms with E-state index in [0.717, 1.165) is 0 Å². The molecule has 1 aromatic carbocycles. The Bertz CT molecular complexity index is 433. The molecule has 70 valence electrons. The van der Waals surface area contributed by atoms with Crippen LogP contribution in [0.2, 0.25) is 0 Å². The van der Waals surface area contributed by atoms with E-state index in [9.17, 15) is 13.5 Å². The number of rotatable bonds is 2. The van der Waals surface area contributed by atoms with Gasteiger partial charge in [0.1, 0.15) is 10.6 Å². The molecular weight excluding hydrogens is 192 g/mol. The van der Waals surface area contributed by atoms with E-state index < -0.39 is 10.1 Å². The maximum atomic E-state index is 10.8. The molecule has 1 rings (SSSR count). The normalized spacial score (nSPS) is 11.2. The van der Waals surface area contributed by atoms with Gasteiger partial charge in [0.2, 0.25) is 0 Å². The summed E-state index contributed by atoms with van der Waals surface area (Å²) in [5, 5.41) is 9.21. The quantitative estimate of drug-likeness (QED) is 0.705. The molecule has 0 saturated heterocycles. The summed E-state index contributed by atoms with van der Waals surface area (Å²) in [5.41, 5.74) is 0.00463. The third-order valence-electron chi connectivity index (χ3n) is 1.53. The molecule has 0 atom stereocenters. The van der Waals surface area contributed by atoms with Crippen molar-refractivity contribution in [3.8, 4) is 5.75 Å². The van der Waals surface area contributed by atoms with Crippen LogP contribution in [0.4, 0.5) is 0 Å². The fraction of sp³-hybridized carbons (Fsp3) is 0. The van der Waals surface area contributed by atoms with E-state index in [1.807, 2.05) is 0 Å². The summed E-state index contributed by atoms with van der Waals surface area (Å²) in [6.07, 6.45) is 1.17. The summed E-state index contributed by atoms with van der Waals surface area (Å²) < 4.78 is 30.3. The van der Waals surface area contributed by atoms with Gasteiger partial charge in [0, 0.05) is 5.56 Å². The Labute approximate surface area is 75.9 Å². The Balaban J connectivity index is 3.56. The van der Waals surface area contributed by atoms with Gasteiger partial charge in [-0.25, -0.2) is 0 Å². The van der Waals surface area contributed by atoms with E-state index in [2.05, 4.69) is 6.58 Å². The van der Waals surface area contributed by atoms with Crippen molar-refractivity contribution < 1.29 is 18.1 Å². The second kappa shape index (κ2) is 3.20. The zero-order chi connectivity index (χ0) is 10.1. The highest BCUT2D eigenvalue weighted by Crippen LogP contribution is 2.25. The number of hydrogen-bond acceptors (Lipinski definition) is 3. The predicted molar refractivity (Wildman–Crippen MR) is 48.0 cm³/mol. The Morgan fingerprint density at radius 1 is 1.38 bits per heavy atom. The van der Waals surface area contributed by atoms with Crippen molar-refractivity contribution in [1.82, 2.24) is 0 Å². The number of hydrogen-bond donors (Lipinski definition) is 2. The van der Waals surface area contributed by atoms with Gasteiger partial charge < -0.3 is 5.11 Å². The molecule has 0 aromatic heterocycles. The lowest BCUT2D eigenvalue weighted by Gasteiger charge is -2.03. The van der Waals surface area contributed by atoms with Crippen LogP contribution in [0, 0.1) is 0 Å². The highest BCUT2D eigenvalue weighted by molar-refractivity contribution is 7.86. The molecule has 0 spiro atoms.